The van der Waals surface area contributed by atoms with Gasteiger partial charge in [0.25, 0.3) is 0 Å². The van der Waals surface area contributed by atoms with E-state index < -0.39 is 14.1 Å². The average molecular weight is 343 g/mol. The standard InChI is InChI=1S/C18H34O4Si/c1-12(2)23(13(3)4,14(5)6)20-11-16-17-15(9-10-19-16)21-18(7,8)22-17/h9-10,12-17H,11H2,1-8H3/t15-,16-,17-/m1/s1. The SMILES string of the molecule is CC(C)[Si](OC[C@H]1OC=C[C@H]2OC(C)(C)O[C@H]21)(C(C)C)C(C)C. The number of hydrogen-bond acceptors (Lipinski definition) is 4. The van der Waals surface area contributed by atoms with Crippen molar-refractivity contribution in [1.82, 2.24) is 0 Å². The molecule has 0 aromatic carbocycles. The lowest BCUT2D eigenvalue weighted by molar-refractivity contribution is -0.154. The Balaban J connectivity index is 2.10. The average Bonchev–Trinajstić information content (AvgIpc) is 2.72. The Labute approximate surface area is 142 Å². The van der Waals surface area contributed by atoms with E-state index in [4.69, 9.17) is 18.6 Å². The molecule has 0 N–H and O–H groups in total. The van der Waals surface area contributed by atoms with E-state index >= 15 is 0 Å². The van der Waals surface area contributed by atoms with E-state index in [0.29, 0.717) is 23.2 Å². The van der Waals surface area contributed by atoms with E-state index in [0.717, 1.165) is 0 Å². The van der Waals surface area contributed by atoms with Gasteiger partial charge in [-0.1, -0.05) is 41.5 Å². The molecule has 1 saturated heterocycles. The fraction of sp³-hybridized carbons (Fsp3) is 0.889. The van der Waals surface area contributed by atoms with E-state index in [1.807, 2.05) is 19.9 Å². The first kappa shape index (κ1) is 19.0. The number of fused-ring (bicyclic) bond motifs is 1. The maximum Gasteiger partial charge on any atom is 0.200 e. The van der Waals surface area contributed by atoms with Gasteiger partial charge in [-0.3, -0.25) is 0 Å². The van der Waals surface area contributed by atoms with Crippen LogP contribution in [0.5, 0.6) is 0 Å². The molecular weight excluding hydrogens is 308 g/mol. The van der Waals surface area contributed by atoms with Gasteiger partial charge in [-0.2, -0.15) is 0 Å². The first-order valence-electron chi connectivity index (χ1n) is 8.92. The number of ether oxygens (including phenoxy) is 3. The summed E-state index contributed by atoms with van der Waals surface area (Å²) in [5.41, 5.74) is 1.69. The Morgan fingerprint density at radius 3 is 2.09 bits per heavy atom. The molecule has 2 heterocycles. The minimum atomic E-state index is -1.89. The molecule has 0 spiro atoms. The van der Waals surface area contributed by atoms with Gasteiger partial charge in [0.15, 0.2) is 5.79 Å². The van der Waals surface area contributed by atoms with Gasteiger partial charge in [-0.25, -0.2) is 0 Å². The highest BCUT2D eigenvalue weighted by Gasteiger charge is 2.49. The zero-order valence-corrected chi connectivity index (χ0v) is 17.0. The second-order valence-electron chi connectivity index (χ2n) is 8.20. The molecule has 134 valence electrons. The first-order chi connectivity index (χ1) is 10.6. The molecule has 1 fully saturated rings. The summed E-state index contributed by atoms with van der Waals surface area (Å²) in [6.07, 6.45) is 3.45. The fourth-order valence-electron chi connectivity index (χ4n) is 4.42. The number of rotatable bonds is 6. The van der Waals surface area contributed by atoms with Crippen LogP contribution in [0.25, 0.3) is 0 Å². The Bertz CT molecular complexity index is 409. The van der Waals surface area contributed by atoms with Gasteiger partial charge >= 0.3 is 0 Å². The van der Waals surface area contributed by atoms with Crippen LogP contribution < -0.4 is 0 Å². The molecular formula is C18H34O4Si. The van der Waals surface area contributed by atoms with Crippen LogP contribution >= 0.6 is 0 Å². The van der Waals surface area contributed by atoms with Crippen LogP contribution in [0, 0.1) is 0 Å². The third-order valence-electron chi connectivity index (χ3n) is 5.26. The molecule has 0 radical (unpaired) electrons. The maximum atomic E-state index is 6.67. The van der Waals surface area contributed by atoms with Gasteiger partial charge in [-0.05, 0) is 36.5 Å². The zero-order valence-electron chi connectivity index (χ0n) is 16.0. The van der Waals surface area contributed by atoms with E-state index in [9.17, 15) is 0 Å². The van der Waals surface area contributed by atoms with Crippen molar-refractivity contribution in [3.8, 4) is 0 Å². The van der Waals surface area contributed by atoms with Gasteiger partial charge in [0, 0.05) is 0 Å². The molecule has 0 aromatic rings. The second-order valence-corrected chi connectivity index (χ2v) is 13.7. The van der Waals surface area contributed by atoms with Crippen molar-refractivity contribution in [3.05, 3.63) is 12.3 Å². The van der Waals surface area contributed by atoms with Crippen LogP contribution in [0.15, 0.2) is 12.3 Å². The summed E-state index contributed by atoms with van der Waals surface area (Å²) in [6.45, 7) is 18.3. The highest BCUT2D eigenvalue weighted by molar-refractivity contribution is 6.77. The summed E-state index contributed by atoms with van der Waals surface area (Å²) < 4.78 is 24.5. The third kappa shape index (κ3) is 3.68. The van der Waals surface area contributed by atoms with Crippen molar-refractivity contribution in [1.29, 1.82) is 0 Å². The lowest BCUT2D eigenvalue weighted by Gasteiger charge is -2.43. The summed E-state index contributed by atoms with van der Waals surface area (Å²) in [5, 5.41) is 0. The Kier molecular flexibility index (Phi) is 5.66. The Morgan fingerprint density at radius 2 is 1.57 bits per heavy atom. The lowest BCUT2D eigenvalue weighted by Crippen LogP contribution is -2.51. The molecule has 5 heteroatoms. The van der Waals surface area contributed by atoms with Gasteiger partial charge in [-0.15, -0.1) is 0 Å². The Morgan fingerprint density at radius 1 is 1.00 bits per heavy atom. The molecule has 2 aliphatic heterocycles. The third-order valence-corrected chi connectivity index (χ3v) is 11.3. The van der Waals surface area contributed by atoms with E-state index in [1.54, 1.807) is 6.26 Å². The van der Waals surface area contributed by atoms with Crippen LogP contribution in [0.2, 0.25) is 16.6 Å². The van der Waals surface area contributed by atoms with Crippen molar-refractivity contribution in [2.75, 3.05) is 6.61 Å². The molecule has 0 aliphatic carbocycles. The van der Waals surface area contributed by atoms with E-state index in [-0.39, 0.29) is 18.3 Å². The summed E-state index contributed by atoms with van der Waals surface area (Å²) in [7, 11) is -1.89. The highest BCUT2D eigenvalue weighted by Crippen LogP contribution is 2.43. The summed E-state index contributed by atoms with van der Waals surface area (Å²) >= 11 is 0. The van der Waals surface area contributed by atoms with Crippen LogP contribution in [0.1, 0.15) is 55.4 Å². The largest absolute Gasteiger partial charge is 0.493 e. The van der Waals surface area contributed by atoms with Crippen molar-refractivity contribution in [2.45, 2.75) is 96.1 Å². The summed E-state index contributed by atoms with van der Waals surface area (Å²) in [5.74, 6) is -0.561. The molecule has 4 nitrogen and oxygen atoms in total. The van der Waals surface area contributed by atoms with Crippen molar-refractivity contribution >= 4 is 8.32 Å². The molecule has 3 atom stereocenters. The van der Waals surface area contributed by atoms with Gasteiger partial charge in [0.2, 0.25) is 8.32 Å². The topological polar surface area (TPSA) is 36.9 Å². The molecule has 0 unspecified atom stereocenters. The van der Waals surface area contributed by atoms with Gasteiger partial charge in [0.05, 0.1) is 12.9 Å². The van der Waals surface area contributed by atoms with Crippen LogP contribution in [-0.4, -0.2) is 39.0 Å². The van der Waals surface area contributed by atoms with E-state index in [1.165, 1.54) is 0 Å². The van der Waals surface area contributed by atoms with Gasteiger partial charge in [0.1, 0.15) is 18.3 Å². The molecule has 23 heavy (non-hydrogen) atoms. The van der Waals surface area contributed by atoms with Crippen LogP contribution in [0.4, 0.5) is 0 Å². The summed E-state index contributed by atoms with van der Waals surface area (Å²) in [4.78, 5) is 0. The number of hydrogen-bond donors (Lipinski definition) is 0. The molecule has 2 rings (SSSR count). The second kappa shape index (κ2) is 6.87. The van der Waals surface area contributed by atoms with Crippen molar-refractivity contribution < 1.29 is 18.6 Å². The molecule has 2 aliphatic rings. The predicted octanol–water partition coefficient (Wildman–Crippen LogP) is 4.61. The zero-order chi connectivity index (χ0) is 17.4. The van der Waals surface area contributed by atoms with Crippen LogP contribution in [-0.2, 0) is 18.6 Å². The van der Waals surface area contributed by atoms with Crippen molar-refractivity contribution in [3.63, 3.8) is 0 Å². The minimum absolute atomic E-state index is 0.0411. The van der Waals surface area contributed by atoms with E-state index in [2.05, 4.69) is 41.5 Å². The lowest BCUT2D eigenvalue weighted by atomic mass is 10.1. The fourth-order valence-corrected chi connectivity index (χ4v) is 9.87. The normalized spacial score (nSPS) is 30.1. The summed E-state index contributed by atoms with van der Waals surface area (Å²) in [6, 6.07) is 0. The molecule has 0 amide bonds. The quantitative estimate of drug-likeness (QED) is 0.661. The minimum Gasteiger partial charge on any atom is -0.493 e. The Hall–Kier alpha value is -0.363. The van der Waals surface area contributed by atoms with Crippen LogP contribution in [0.3, 0.4) is 0 Å². The first-order valence-corrected chi connectivity index (χ1v) is 11.1. The molecule has 0 aromatic heterocycles. The maximum absolute atomic E-state index is 6.67. The smallest absolute Gasteiger partial charge is 0.200 e. The highest BCUT2D eigenvalue weighted by atomic mass is 28.4. The monoisotopic (exact) mass is 342 g/mol. The molecule has 0 bridgehead atoms. The predicted molar refractivity (Wildman–Crippen MR) is 94.8 cm³/mol. The van der Waals surface area contributed by atoms with Gasteiger partial charge < -0.3 is 18.6 Å². The van der Waals surface area contributed by atoms with Crippen molar-refractivity contribution in [2.24, 2.45) is 0 Å². The molecule has 0 saturated carbocycles.